The van der Waals surface area contributed by atoms with E-state index in [0.717, 1.165) is 23.4 Å². The van der Waals surface area contributed by atoms with E-state index in [9.17, 15) is 9.18 Å². The molecule has 0 aliphatic carbocycles. The number of halogens is 1. The number of benzene rings is 2. The molecule has 4 nitrogen and oxygen atoms in total. The van der Waals surface area contributed by atoms with Gasteiger partial charge >= 0.3 is 0 Å². The molecule has 0 heterocycles. The summed E-state index contributed by atoms with van der Waals surface area (Å²) >= 11 is 0. The molecule has 0 bridgehead atoms. The number of Topliss-reactive ketones (excluding diaryl/α,β-unsaturated/α-hetero) is 1. The van der Waals surface area contributed by atoms with Crippen LogP contribution in [0.25, 0.3) is 0 Å². The molecule has 0 aliphatic rings. The van der Waals surface area contributed by atoms with Crippen LogP contribution in [0.1, 0.15) is 34.0 Å². The first-order valence-electron chi connectivity index (χ1n) is 8.70. The smallest absolute Gasteiger partial charge is 0.182 e. The van der Waals surface area contributed by atoms with Crippen molar-refractivity contribution < 1.29 is 9.18 Å². The van der Waals surface area contributed by atoms with Crippen LogP contribution in [0, 0.1) is 26.6 Å². The van der Waals surface area contributed by atoms with E-state index in [1.54, 1.807) is 25.4 Å². The lowest BCUT2D eigenvalue weighted by Gasteiger charge is -2.12. The zero-order chi connectivity index (χ0) is 19.3. The highest BCUT2D eigenvalue weighted by atomic mass is 19.1. The second kappa shape index (κ2) is 8.61. The Kier molecular flexibility index (Phi) is 6.50. The van der Waals surface area contributed by atoms with Gasteiger partial charge in [0.15, 0.2) is 5.78 Å². The van der Waals surface area contributed by atoms with Gasteiger partial charge in [0.2, 0.25) is 0 Å². The van der Waals surface area contributed by atoms with Gasteiger partial charge in [-0.15, -0.1) is 0 Å². The van der Waals surface area contributed by atoms with E-state index in [2.05, 4.69) is 17.2 Å². The van der Waals surface area contributed by atoms with E-state index in [1.807, 2.05) is 37.9 Å². The maximum atomic E-state index is 13.6. The van der Waals surface area contributed by atoms with Crippen molar-refractivity contribution in [2.24, 2.45) is 4.99 Å². The minimum absolute atomic E-state index is 0.0345. The Labute approximate surface area is 154 Å². The number of hydrogen-bond donors (Lipinski definition) is 1. The molecule has 2 aromatic carbocycles. The van der Waals surface area contributed by atoms with E-state index >= 15 is 0 Å². The number of nitrogens with one attached hydrogen (secondary N) is 1. The van der Waals surface area contributed by atoms with Crippen molar-refractivity contribution in [3.05, 3.63) is 58.4 Å². The molecule has 0 aromatic heterocycles. The summed E-state index contributed by atoms with van der Waals surface area (Å²) in [6.45, 7) is 8.60. The molecule has 0 amide bonds. The van der Waals surface area contributed by atoms with E-state index in [1.165, 1.54) is 6.07 Å². The van der Waals surface area contributed by atoms with Crippen molar-refractivity contribution in [3.8, 4) is 0 Å². The highest BCUT2D eigenvalue weighted by Crippen LogP contribution is 2.24. The predicted octanol–water partition coefficient (Wildman–Crippen LogP) is 4.66. The molecule has 0 saturated carbocycles. The summed E-state index contributed by atoms with van der Waals surface area (Å²) in [7, 11) is 1.96. The Morgan fingerprint density at radius 3 is 2.54 bits per heavy atom. The average molecular weight is 355 g/mol. The van der Waals surface area contributed by atoms with E-state index < -0.39 is 0 Å². The lowest BCUT2D eigenvalue weighted by atomic mass is 10.0. The van der Waals surface area contributed by atoms with Crippen molar-refractivity contribution in [2.45, 2.75) is 27.7 Å². The Hall–Kier alpha value is -2.69. The maximum absolute atomic E-state index is 13.6. The third-order valence-electron chi connectivity index (χ3n) is 4.36. The second-order valence-corrected chi connectivity index (χ2v) is 6.51. The number of ketones is 1. The quantitative estimate of drug-likeness (QED) is 0.446. The van der Waals surface area contributed by atoms with Gasteiger partial charge in [-0.25, -0.2) is 9.38 Å². The molecule has 0 radical (unpaired) electrons. The third kappa shape index (κ3) is 4.91. The topological polar surface area (TPSA) is 44.7 Å². The molecule has 5 heteroatoms. The number of nitrogens with zero attached hydrogens (tertiary/aromatic N) is 2. The standard InChI is InChI=1S/C21H26FN3O/c1-6-25(5)13-24-20-10-15(3)18(9-16(20)4)21(26)12-23-17-8-7-14(2)19(22)11-17/h7-11,13,23H,6,12H2,1-5H3/b24-13+. The summed E-state index contributed by atoms with van der Waals surface area (Å²) in [5, 5.41) is 2.99. The molecule has 2 aromatic rings. The van der Waals surface area contributed by atoms with Crippen molar-refractivity contribution in [1.82, 2.24) is 4.90 Å². The van der Waals surface area contributed by atoms with Gasteiger partial charge in [-0.1, -0.05) is 6.07 Å². The fraction of sp³-hybridized carbons (Fsp3) is 0.333. The molecule has 1 N–H and O–H groups in total. The summed E-state index contributed by atoms with van der Waals surface area (Å²) in [5.41, 5.74) is 4.51. The molecule has 0 atom stereocenters. The van der Waals surface area contributed by atoms with Crippen molar-refractivity contribution in [2.75, 3.05) is 25.5 Å². The number of anilines is 1. The maximum Gasteiger partial charge on any atom is 0.182 e. The van der Waals surface area contributed by atoms with Crippen LogP contribution in [-0.2, 0) is 0 Å². The van der Waals surface area contributed by atoms with Crippen LogP contribution in [0.2, 0.25) is 0 Å². The van der Waals surface area contributed by atoms with Gasteiger partial charge in [0.1, 0.15) is 5.82 Å². The van der Waals surface area contributed by atoms with Crippen LogP contribution in [0.15, 0.2) is 35.3 Å². The molecule has 0 spiro atoms. The van der Waals surface area contributed by atoms with E-state index in [4.69, 9.17) is 0 Å². The van der Waals surface area contributed by atoms with Crippen molar-refractivity contribution in [1.29, 1.82) is 0 Å². The van der Waals surface area contributed by atoms with Gasteiger partial charge in [0, 0.05) is 24.8 Å². The van der Waals surface area contributed by atoms with Crippen molar-refractivity contribution in [3.63, 3.8) is 0 Å². The number of aryl methyl sites for hydroxylation is 3. The first kappa shape index (κ1) is 19.6. The molecule has 26 heavy (non-hydrogen) atoms. The highest BCUT2D eigenvalue weighted by Gasteiger charge is 2.12. The minimum Gasteiger partial charge on any atom is -0.377 e. The molecule has 0 unspecified atom stereocenters. The largest absolute Gasteiger partial charge is 0.377 e. The summed E-state index contributed by atoms with van der Waals surface area (Å²) in [5.74, 6) is -0.318. The first-order valence-corrected chi connectivity index (χ1v) is 8.70. The van der Waals surface area contributed by atoms with Crippen LogP contribution in [0.3, 0.4) is 0 Å². The highest BCUT2D eigenvalue weighted by molar-refractivity contribution is 6.00. The van der Waals surface area contributed by atoms with Gasteiger partial charge < -0.3 is 10.2 Å². The zero-order valence-electron chi connectivity index (χ0n) is 16.1. The lowest BCUT2D eigenvalue weighted by molar-refractivity contribution is 0.101. The van der Waals surface area contributed by atoms with Crippen LogP contribution >= 0.6 is 0 Å². The van der Waals surface area contributed by atoms with Crippen LogP contribution in [-0.4, -0.2) is 37.2 Å². The zero-order valence-corrected chi connectivity index (χ0v) is 16.1. The summed E-state index contributed by atoms with van der Waals surface area (Å²) in [6, 6.07) is 8.66. The number of carbonyl (C=O) groups is 1. The molecule has 0 aliphatic heterocycles. The van der Waals surface area contributed by atoms with Gasteiger partial charge in [-0.05, 0) is 68.7 Å². The van der Waals surface area contributed by atoms with Gasteiger partial charge in [-0.3, -0.25) is 4.79 Å². The van der Waals surface area contributed by atoms with E-state index in [0.29, 0.717) is 16.8 Å². The van der Waals surface area contributed by atoms with Gasteiger partial charge in [0.05, 0.1) is 18.6 Å². The fourth-order valence-corrected chi connectivity index (χ4v) is 2.46. The minimum atomic E-state index is -0.284. The van der Waals surface area contributed by atoms with Crippen LogP contribution < -0.4 is 5.32 Å². The van der Waals surface area contributed by atoms with Crippen LogP contribution in [0.5, 0.6) is 0 Å². The molecular weight excluding hydrogens is 329 g/mol. The number of aliphatic imine (C=N–C) groups is 1. The summed E-state index contributed by atoms with van der Waals surface area (Å²) < 4.78 is 13.6. The third-order valence-corrected chi connectivity index (χ3v) is 4.36. The monoisotopic (exact) mass is 355 g/mol. The summed E-state index contributed by atoms with van der Waals surface area (Å²) in [6.07, 6.45) is 1.79. The molecule has 2 rings (SSSR count). The van der Waals surface area contributed by atoms with Gasteiger partial charge in [-0.2, -0.15) is 0 Å². The number of carbonyl (C=O) groups excluding carboxylic acids is 1. The number of rotatable bonds is 7. The van der Waals surface area contributed by atoms with E-state index in [-0.39, 0.29) is 18.1 Å². The van der Waals surface area contributed by atoms with Gasteiger partial charge in [0.25, 0.3) is 0 Å². The Balaban J connectivity index is 2.12. The van der Waals surface area contributed by atoms with Crippen molar-refractivity contribution >= 4 is 23.5 Å². The predicted molar refractivity (Wildman–Crippen MR) is 106 cm³/mol. The Morgan fingerprint density at radius 2 is 1.88 bits per heavy atom. The normalized spacial score (nSPS) is 11.0. The Bertz CT molecular complexity index is 830. The average Bonchev–Trinajstić information content (AvgIpc) is 2.62. The molecular formula is C21H26FN3O. The molecule has 138 valence electrons. The van der Waals surface area contributed by atoms with Crippen LogP contribution in [0.4, 0.5) is 15.8 Å². The molecule has 0 saturated heterocycles. The fourth-order valence-electron chi connectivity index (χ4n) is 2.46. The SMILES string of the molecule is CCN(C)/C=N/c1cc(C)c(C(=O)CNc2ccc(C)c(F)c2)cc1C. The second-order valence-electron chi connectivity index (χ2n) is 6.51. The first-order chi connectivity index (χ1) is 12.3. The summed E-state index contributed by atoms with van der Waals surface area (Å²) in [4.78, 5) is 19.0. The number of hydrogen-bond acceptors (Lipinski definition) is 3. The Morgan fingerprint density at radius 1 is 1.15 bits per heavy atom. The lowest BCUT2D eigenvalue weighted by Crippen LogP contribution is -2.16. The molecule has 0 fully saturated rings.